The number of Topliss-reactive ketones (excluding diaryl/α,β-unsaturated/α-hetero) is 1. The first-order valence-corrected chi connectivity index (χ1v) is 13.2. The number of carbonyl (C=O) groups excluding carboxylic acids is 2. The van der Waals surface area contributed by atoms with Gasteiger partial charge in [-0.15, -0.1) is 0 Å². The summed E-state index contributed by atoms with van der Waals surface area (Å²) in [5.41, 5.74) is 11.6. The molecule has 2 saturated heterocycles. The second-order valence-electron chi connectivity index (χ2n) is 10.5. The zero-order valence-electron chi connectivity index (χ0n) is 22.0. The highest BCUT2D eigenvalue weighted by molar-refractivity contribution is 6.00. The molecule has 1 unspecified atom stereocenters. The van der Waals surface area contributed by atoms with Crippen LogP contribution in [0.3, 0.4) is 0 Å². The highest BCUT2D eigenvalue weighted by Crippen LogP contribution is 2.45. The van der Waals surface area contributed by atoms with E-state index in [1.807, 2.05) is 30.3 Å². The van der Waals surface area contributed by atoms with Crippen molar-refractivity contribution in [3.8, 4) is 22.4 Å². The summed E-state index contributed by atoms with van der Waals surface area (Å²) in [7, 11) is 1.86. The van der Waals surface area contributed by atoms with Crippen LogP contribution in [0.4, 0.5) is 5.82 Å². The van der Waals surface area contributed by atoms with Crippen molar-refractivity contribution >= 4 is 23.2 Å². The molecule has 202 valence electrons. The van der Waals surface area contributed by atoms with Gasteiger partial charge >= 0.3 is 0 Å². The standard InChI is InChI=1S/C27H27N11O2/c1-14(39)22-23(16-7-18-4-5-19(8-16)37(18)27(40)25-30-13-31-35-25)34-26-20(11-33-38(26)24(22)28)15-3-6-21(29-9-15)17-10-32-36(2)12-17/h3,6,9-13,16,18-19H,4-5,7-8,28H2,1-2H3,(H,30,31,35)/t16?,18-,19+. The van der Waals surface area contributed by atoms with E-state index < -0.39 is 0 Å². The molecule has 2 bridgehead atoms. The number of carbonyl (C=O) groups is 2. The Kier molecular flexibility index (Phi) is 5.47. The summed E-state index contributed by atoms with van der Waals surface area (Å²) in [4.78, 5) is 41.6. The van der Waals surface area contributed by atoms with Gasteiger partial charge in [0.2, 0.25) is 5.82 Å². The third kappa shape index (κ3) is 3.76. The first-order chi connectivity index (χ1) is 19.4. The SMILES string of the molecule is CC(=O)c1c(C2C[C@H]3CC[C@@H](C2)N3C(=O)c2ncn[nH]2)nc2c(-c3ccc(-c4cnn(C)c4)nc3)cnn2c1N. The van der Waals surface area contributed by atoms with Gasteiger partial charge in [-0.3, -0.25) is 24.4 Å². The van der Waals surface area contributed by atoms with Crippen LogP contribution in [-0.2, 0) is 7.05 Å². The number of aromatic nitrogens is 9. The molecule has 5 aromatic heterocycles. The Hall–Kier alpha value is -4.94. The van der Waals surface area contributed by atoms with Crippen molar-refractivity contribution in [1.29, 1.82) is 0 Å². The normalized spacial score (nSPS) is 20.4. The van der Waals surface area contributed by atoms with Gasteiger partial charge in [0.1, 0.15) is 12.1 Å². The average Bonchev–Trinajstić information content (AvgIpc) is 3.75. The summed E-state index contributed by atoms with van der Waals surface area (Å²) in [6.45, 7) is 1.51. The molecule has 0 aliphatic carbocycles. The lowest BCUT2D eigenvalue weighted by Crippen LogP contribution is -2.46. The number of fused-ring (bicyclic) bond motifs is 3. The Balaban J connectivity index is 1.26. The molecule has 2 aliphatic heterocycles. The van der Waals surface area contributed by atoms with Crippen LogP contribution < -0.4 is 5.73 Å². The molecule has 0 spiro atoms. The first-order valence-electron chi connectivity index (χ1n) is 13.2. The number of hydrogen-bond acceptors (Lipinski definition) is 9. The fourth-order valence-corrected chi connectivity index (χ4v) is 6.33. The number of anilines is 1. The molecule has 0 saturated carbocycles. The number of nitrogen functional groups attached to an aromatic ring is 1. The van der Waals surface area contributed by atoms with Crippen molar-refractivity contribution in [3.63, 3.8) is 0 Å². The zero-order chi connectivity index (χ0) is 27.5. The summed E-state index contributed by atoms with van der Waals surface area (Å²) in [6, 6.07) is 3.95. The summed E-state index contributed by atoms with van der Waals surface area (Å²) >= 11 is 0. The van der Waals surface area contributed by atoms with Crippen LogP contribution in [0.15, 0.2) is 43.2 Å². The Morgan fingerprint density at radius 1 is 1.02 bits per heavy atom. The molecular formula is C27H27N11O2. The van der Waals surface area contributed by atoms with E-state index in [1.54, 1.807) is 23.3 Å². The van der Waals surface area contributed by atoms with Crippen LogP contribution in [0, 0.1) is 0 Å². The number of aryl methyl sites for hydroxylation is 1. The number of nitrogens with two attached hydrogens (primary N) is 1. The van der Waals surface area contributed by atoms with Crippen LogP contribution in [0.2, 0.25) is 0 Å². The maximum atomic E-state index is 13.1. The van der Waals surface area contributed by atoms with Gasteiger partial charge in [0.25, 0.3) is 5.91 Å². The van der Waals surface area contributed by atoms with Gasteiger partial charge in [0.05, 0.1) is 29.3 Å². The minimum atomic E-state index is -0.158. The summed E-state index contributed by atoms with van der Waals surface area (Å²) in [5.74, 6) is 0.186. The number of nitrogens with zero attached hydrogens (tertiary/aromatic N) is 9. The molecule has 40 heavy (non-hydrogen) atoms. The van der Waals surface area contributed by atoms with E-state index in [2.05, 4.69) is 30.4 Å². The number of aromatic amines is 1. The summed E-state index contributed by atoms with van der Waals surface area (Å²) in [5, 5.41) is 15.2. The lowest BCUT2D eigenvalue weighted by Gasteiger charge is -2.38. The van der Waals surface area contributed by atoms with Crippen molar-refractivity contribution in [2.75, 3.05) is 5.73 Å². The number of pyridine rings is 1. The van der Waals surface area contributed by atoms with Gasteiger partial charge in [-0.1, -0.05) is 6.07 Å². The number of amides is 1. The summed E-state index contributed by atoms with van der Waals surface area (Å²) in [6.07, 6.45) is 11.7. The minimum Gasteiger partial charge on any atom is -0.383 e. The molecule has 13 nitrogen and oxygen atoms in total. The first kappa shape index (κ1) is 24.1. The monoisotopic (exact) mass is 537 g/mol. The Morgan fingerprint density at radius 2 is 1.82 bits per heavy atom. The maximum Gasteiger partial charge on any atom is 0.291 e. The predicted octanol–water partition coefficient (Wildman–Crippen LogP) is 2.65. The molecule has 2 fully saturated rings. The van der Waals surface area contributed by atoms with Gasteiger partial charge in [0, 0.05) is 54.1 Å². The van der Waals surface area contributed by atoms with E-state index in [-0.39, 0.29) is 41.3 Å². The van der Waals surface area contributed by atoms with E-state index in [4.69, 9.17) is 10.7 Å². The second kappa shape index (κ2) is 9.07. The van der Waals surface area contributed by atoms with Crippen LogP contribution >= 0.6 is 0 Å². The lowest BCUT2D eigenvalue weighted by atomic mass is 9.85. The van der Waals surface area contributed by atoms with Crippen molar-refractivity contribution < 1.29 is 9.59 Å². The molecule has 0 radical (unpaired) electrons. The lowest BCUT2D eigenvalue weighted by molar-refractivity contribution is 0.0556. The number of piperidine rings is 1. The smallest absolute Gasteiger partial charge is 0.291 e. The van der Waals surface area contributed by atoms with Gasteiger partial charge in [0.15, 0.2) is 11.4 Å². The van der Waals surface area contributed by atoms with E-state index in [0.717, 1.165) is 35.2 Å². The van der Waals surface area contributed by atoms with Crippen LogP contribution in [-0.4, -0.2) is 73.2 Å². The van der Waals surface area contributed by atoms with E-state index in [1.165, 1.54) is 17.8 Å². The molecule has 1 amide bonds. The molecule has 5 aromatic rings. The van der Waals surface area contributed by atoms with Crippen molar-refractivity contribution in [1.82, 2.24) is 49.4 Å². The highest BCUT2D eigenvalue weighted by Gasteiger charge is 2.45. The van der Waals surface area contributed by atoms with Gasteiger partial charge < -0.3 is 10.6 Å². The van der Waals surface area contributed by atoms with Gasteiger partial charge in [-0.2, -0.15) is 19.8 Å². The number of nitrogens with one attached hydrogen (secondary N) is 1. The minimum absolute atomic E-state index is 0.0222. The molecule has 3 atom stereocenters. The molecular weight excluding hydrogens is 510 g/mol. The van der Waals surface area contributed by atoms with Crippen LogP contribution in [0.5, 0.6) is 0 Å². The quantitative estimate of drug-likeness (QED) is 0.320. The number of H-pyrrole nitrogens is 1. The maximum absolute atomic E-state index is 13.1. The number of ketones is 1. The highest BCUT2D eigenvalue weighted by atomic mass is 16.2. The molecule has 7 rings (SSSR count). The number of rotatable bonds is 5. The summed E-state index contributed by atoms with van der Waals surface area (Å²) < 4.78 is 3.26. The fraction of sp³-hybridized carbons (Fsp3) is 0.333. The third-order valence-electron chi connectivity index (χ3n) is 8.11. The Labute approximate surface area is 228 Å². The Bertz CT molecular complexity index is 1740. The van der Waals surface area contributed by atoms with Crippen molar-refractivity contribution in [2.24, 2.45) is 7.05 Å². The predicted molar refractivity (Wildman–Crippen MR) is 144 cm³/mol. The molecule has 13 heteroatoms. The van der Waals surface area contributed by atoms with Crippen molar-refractivity contribution in [3.05, 3.63) is 60.3 Å². The van der Waals surface area contributed by atoms with Gasteiger partial charge in [-0.25, -0.2) is 9.97 Å². The number of hydrogen-bond donors (Lipinski definition) is 2. The molecule has 2 aliphatic rings. The van der Waals surface area contributed by atoms with Crippen molar-refractivity contribution in [2.45, 2.75) is 50.6 Å². The molecule has 7 heterocycles. The van der Waals surface area contributed by atoms with Crippen LogP contribution in [0.25, 0.3) is 28.0 Å². The van der Waals surface area contributed by atoms with Gasteiger partial charge in [-0.05, 0) is 38.7 Å². The van der Waals surface area contributed by atoms with E-state index in [9.17, 15) is 9.59 Å². The van der Waals surface area contributed by atoms with Crippen LogP contribution in [0.1, 0.15) is 65.2 Å². The molecule has 3 N–H and O–H groups in total. The molecule has 0 aromatic carbocycles. The van der Waals surface area contributed by atoms with E-state index >= 15 is 0 Å². The van der Waals surface area contributed by atoms with E-state index in [0.29, 0.717) is 29.7 Å². The fourth-order valence-electron chi connectivity index (χ4n) is 6.33. The zero-order valence-corrected chi connectivity index (χ0v) is 22.0. The Morgan fingerprint density at radius 3 is 2.45 bits per heavy atom. The third-order valence-corrected chi connectivity index (χ3v) is 8.11. The average molecular weight is 538 g/mol. The largest absolute Gasteiger partial charge is 0.383 e. The second-order valence-corrected chi connectivity index (χ2v) is 10.5. The topological polar surface area (TPSA) is 166 Å².